The molecule has 3 aromatic carbocycles. The first-order valence-electron chi connectivity index (χ1n) is 8.41. The van der Waals surface area contributed by atoms with Gasteiger partial charge in [0.2, 0.25) is 0 Å². The molecule has 0 radical (unpaired) electrons. The van der Waals surface area contributed by atoms with E-state index < -0.39 is 0 Å². The van der Waals surface area contributed by atoms with Crippen molar-refractivity contribution in [1.82, 2.24) is 10.2 Å². The summed E-state index contributed by atoms with van der Waals surface area (Å²) in [7, 11) is 4.01. The monoisotopic (exact) mass is 348 g/mol. The van der Waals surface area contributed by atoms with E-state index in [1.165, 1.54) is 26.3 Å². The molecule has 126 valence electrons. The Bertz CT molecular complexity index is 965. The first-order chi connectivity index (χ1) is 12.1. The number of benzene rings is 3. The van der Waals surface area contributed by atoms with Crippen molar-refractivity contribution in [3.63, 3.8) is 0 Å². The highest BCUT2D eigenvalue weighted by molar-refractivity contribution is 7.99. The van der Waals surface area contributed by atoms with E-state index in [9.17, 15) is 4.79 Å². The van der Waals surface area contributed by atoms with Crippen LogP contribution in [0.3, 0.4) is 0 Å². The summed E-state index contributed by atoms with van der Waals surface area (Å²) in [5.41, 5.74) is 3.21. The fraction of sp³-hybridized carbons (Fsp3) is 0.190. The van der Waals surface area contributed by atoms with Crippen LogP contribution in [-0.2, 0) is 0 Å². The molecule has 0 unspecified atom stereocenters. The highest BCUT2D eigenvalue weighted by atomic mass is 32.2. The van der Waals surface area contributed by atoms with E-state index in [0.717, 1.165) is 17.5 Å². The molecule has 1 aliphatic rings. The van der Waals surface area contributed by atoms with E-state index in [0.29, 0.717) is 6.54 Å². The first kappa shape index (κ1) is 16.2. The topological polar surface area (TPSA) is 32.3 Å². The number of rotatable bonds is 4. The van der Waals surface area contributed by atoms with Crippen LogP contribution in [-0.4, -0.2) is 38.0 Å². The van der Waals surface area contributed by atoms with Gasteiger partial charge in [-0.05, 0) is 48.8 Å². The van der Waals surface area contributed by atoms with Gasteiger partial charge in [-0.25, -0.2) is 0 Å². The lowest BCUT2D eigenvalue weighted by atomic mass is 9.94. The van der Waals surface area contributed by atoms with Crippen LogP contribution in [0.4, 0.5) is 0 Å². The Balaban J connectivity index is 1.79. The average Bonchev–Trinajstić information content (AvgIpc) is 2.61. The number of nitrogens with zero attached hydrogens (tertiary/aromatic N) is 1. The van der Waals surface area contributed by atoms with Gasteiger partial charge in [0, 0.05) is 33.8 Å². The Morgan fingerprint density at radius 2 is 1.76 bits per heavy atom. The van der Waals surface area contributed by atoms with E-state index in [1.807, 2.05) is 26.2 Å². The van der Waals surface area contributed by atoms with Crippen LogP contribution in [0, 0.1) is 0 Å². The van der Waals surface area contributed by atoms with Crippen LogP contribution < -0.4 is 5.32 Å². The largest absolute Gasteiger partial charge is 0.351 e. The van der Waals surface area contributed by atoms with Gasteiger partial charge in [-0.2, -0.15) is 0 Å². The minimum atomic E-state index is -0.00518. The SMILES string of the molecule is CN(C)CCNC(=O)c1ccc2c3c(cccc13)Sc1ccccc1-2. The van der Waals surface area contributed by atoms with Crippen molar-refractivity contribution in [1.29, 1.82) is 0 Å². The van der Waals surface area contributed by atoms with Gasteiger partial charge in [0.15, 0.2) is 0 Å². The second-order valence-corrected chi connectivity index (χ2v) is 7.58. The van der Waals surface area contributed by atoms with Gasteiger partial charge in [0.25, 0.3) is 5.91 Å². The molecule has 0 saturated heterocycles. The quantitative estimate of drug-likeness (QED) is 0.598. The van der Waals surface area contributed by atoms with Gasteiger partial charge in [-0.1, -0.05) is 48.2 Å². The molecule has 4 heteroatoms. The van der Waals surface area contributed by atoms with Crippen LogP contribution in [0.2, 0.25) is 0 Å². The van der Waals surface area contributed by atoms with Gasteiger partial charge < -0.3 is 10.2 Å². The Morgan fingerprint density at radius 1 is 0.960 bits per heavy atom. The molecule has 3 nitrogen and oxygen atoms in total. The van der Waals surface area contributed by atoms with Crippen molar-refractivity contribution in [3.8, 4) is 11.1 Å². The summed E-state index contributed by atoms with van der Waals surface area (Å²) >= 11 is 1.78. The molecule has 0 bridgehead atoms. The molecule has 0 aromatic heterocycles. The fourth-order valence-electron chi connectivity index (χ4n) is 3.27. The van der Waals surface area contributed by atoms with E-state index in [1.54, 1.807) is 11.8 Å². The highest BCUT2D eigenvalue weighted by Crippen LogP contribution is 2.48. The zero-order valence-electron chi connectivity index (χ0n) is 14.4. The maximum absolute atomic E-state index is 12.7. The van der Waals surface area contributed by atoms with Crippen LogP contribution in [0.25, 0.3) is 21.9 Å². The summed E-state index contributed by atoms with van der Waals surface area (Å²) in [5.74, 6) is -0.00518. The minimum absolute atomic E-state index is 0.00518. The molecule has 1 amide bonds. The van der Waals surface area contributed by atoms with E-state index in [2.05, 4.69) is 52.7 Å². The summed E-state index contributed by atoms with van der Waals surface area (Å²) in [6.07, 6.45) is 0. The molecule has 0 aliphatic carbocycles. The predicted molar refractivity (Wildman–Crippen MR) is 104 cm³/mol. The molecule has 0 fully saturated rings. The van der Waals surface area contributed by atoms with E-state index in [-0.39, 0.29) is 5.91 Å². The second kappa shape index (κ2) is 6.54. The van der Waals surface area contributed by atoms with Crippen molar-refractivity contribution in [2.75, 3.05) is 27.2 Å². The molecule has 0 atom stereocenters. The Hall–Kier alpha value is -2.30. The lowest BCUT2D eigenvalue weighted by Gasteiger charge is -2.21. The maximum atomic E-state index is 12.7. The molecule has 1 heterocycles. The van der Waals surface area contributed by atoms with Crippen molar-refractivity contribution in [3.05, 3.63) is 60.2 Å². The molecule has 3 aromatic rings. The molecule has 25 heavy (non-hydrogen) atoms. The third-order valence-corrected chi connectivity index (χ3v) is 5.62. The Kier molecular flexibility index (Phi) is 4.24. The standard InChI is InChI=1S/C21H20N2OS/c1-23(2)13-12-22-21(24)17-11-10-16-14-6-3-4-8-18(14)25-19-9-5-7-15(17)20(16)19/h3-11H,12-13H2,1-2H3,(H,22,24). The first-order valence-corrected chi connectivity index (χ1v) is 9.23. The summed E-state index contributed by atoms with van der Waals surface area (Å²) in [6, 6.07) is 18.7. The van der Waals surface area contributed by atoms with Crippen molar-refractivity contribution in [2.45, 2.75) is 9.79 Å². The normalized spacial score (nSPS) is 12.3. The van der Waals surface area contributed by atoms with Gasteiger partial charge in [0.1, 0.15) is 0 Å². The lowest BCUT2D eigenvalue weighted by molar-refractivity contribution is 0.0952. The van der Waals surface area contributed by atoms with Crippen molar-refractivity contribution < 1.29 is 4.79 Å². The molecule has 0 spiro atoms. The van der Waals surface area contributed by atoms with E-state index in [4.69, 9.17) is 0 Å². The third-order valence-electron chi connectivity index (χ3n) is 4.49. The Morgan fingerprint density at radius 3 is 2.60 bits per heavy atom. The zero-order chi connectivity index (χ0) is 17.4. The molecule has 0 saturated carbocycles. The number of nitrogens with one attached hydrogen (secondary N) is 1. The van der Waals surface area contributed by atoms with E-state index >= 15 is 0 Å². The van der Waals surface area contributed by atoms with Crippen LogP contribution in [0.15, 0.2) is 64.4 Å². The predicted octanol–water partition coefficient (Wildman–Crippen LogP) is 4.26. The summed E-state index contributed by atoms with van der Waals surface area (Å²) in [6.45, 7) is 1.47. The molecular weight excluding hydrogens is 328 g/mol. The second-order valence-electron chi connectivity index (χ2n) is 6.50. The number of hydrogen-bond donors (Lipinski definition) is 1. The fourth-order valence-corrected chi connectivity index (χ4v) is 4.41. The molecular formula is C21H20N2OS. The number of carbonyl (C=O) groups excluding carboxylic acids is 1. The van der Waals surface area contributed by atoms with Crippen LogP contribution in [0.5, 0.6) is 0 Å². The van der Waals surface area contributed by atoms with Gasteiger partial charge in [0.05, 0.1) is 0 Å². The Labute approximate surface area is 152 Å². The molecule has 1 aliphatic heterocycles. The van der Waals surface area contributed by atoms with Crippen molar-refractivity contribution >= 4 is 28.4 Å². The van der Waals surface area contributed by atoms with Crippen molar-refractivity contribution in [2.24, 2.45) is 0 Å². The molecule has 1 N–H and O–H groups in total. The van der Waals surface area contributed by atoms with Gasteiger partial charge >= 0.3 is 0 Å². The van der Waals surface area contributed by atoms with Crippen LogP contribution in [0.1, 0.15) is 10.4 Å². The smallest absolute Gasteiger partial charge is 0.251 e. The summed E-state index contributed by atoms with van der Waals surface area (Å²) in [4.78, 5) is 17.2. The maximum Gasteiger partial charge on any atom is 0.251 e. The number of amides is 1. The summed E-state index contributed by atoms with van der Waals surface area (Å²) < 4.78 is 0. The highest BCUT2D eigenvalue weighted by Gasteiger charge is 2.21. The zero-order valence-corrected chi connectivity index (χ0v) is 15.2. The number of fused-ring (bicyclic) bond motifs is 2. The number of hydrogen-bond acceptors (Lipinski definition) is 3. The minimum Gasteiger partial charge on any atom is -0.351 e. The summed E-state index contributed by atoms with van der Waals surface area (Å²) in [5, 5.41) is 5.24. The van der Waals surface area contributed by atoms with Gasteiger partial charge in [-0.3, -0.25) is 4.79 Å². The van der Waals surface area contributed by atoms with Gasteiger partial charge in [-0.15, -0.1) is 0 Å². The number of likely N-dealkylation sites (N-methyl/N-ethyl adjacent to an activating group) is 1. The third kappa shape index (κ3) is 2.92. The molecule has 4 rings (SSSR count). The number of carbonyl (C=O) groups is 1. The van der Waals surface area contributed by atoms with Crippen LogP contribution >= 0.6 is 11.8 Å². The lowest BCUT2D eigenvalue weighted by Crippen LogP contribution is -2.31. The average molecular weight is 348 g/mol.